The number of hydrogen-bond donors (Lipinski definition) is 0. The van der Waals surface area contributed by atoms with Gasteiger partial charge in [-0.15, -0.1) is 0 Å². The van der Waals surface area contributed by atoms with Crippen LogP contribution >= 0.6 is 15.9 Å². The van der Waals surface area contributed by atoms with E-state index < -0.39 is 17.3 Å². The molecule has 0 saturated carbocycles. The van der Waals surface area contributed by atoms with Crippen LogP contribution in [0.5, 0.6) is 0 Å². The second-order valence-electron chi connectivity index (χ2n) is 8.49. The molecular weight excluding hydrogens is 454 g/mol. The fourth-order valence-electron chi connectivity index (χ4n) is 6.25. The maximum atomic E-state index is 13.9. The molecular formula is C26H18BrNO3. The van der Waals surface area contributed by atoms with E-state index in [1.54, 1.807) is 12.1 Å². The molecule has 7 rings (SSSR count). The third kappa shape index (κ3) is 2.22. The predicted octanol–water partition coefficient (Wildman–Crippen LogP) is 4.59. The van der Waals surface area contributed by atoms with Crippen LogP contribution in [0.25, 0.3) is 0 Å². The number of imide groups is 1. The van der Waals surface area contributed by atoms with E-state index in [-0.39, 0.29) is 24.2 Å². The normalized spacial score (nSPS) is 27.6. The van der Waals surface area contributed by atoms with Crippen molar-refractivity contribution < 1.29 is 14.4 Å². The minimum atomic E-state index is -0.828. The van der Waals surface area contributed by atoms with Gasteiger partial charge in [0.25, 0.3) is 0 Å². The highest BCUT2D eigenvalue weighted by Crippen LogP contribution is 2.65. The number of anilines is 1. The van der Waals surface area contributed by atoms with Crippen molar-refractivity contribution in [3.63, 3.8) is 0 Å². The van der Waals surface area contributed by atoms with Crippen molar-refractivity contribution in [2.45, 2.75) is 17.8 Å². The molecule has 0 spiro atoms. The molecule has 1 saturated heterocycles. The first-order valence-electron chi connectivity index (χ1n) is 10.4. The molecule has 0 N–H and O–H groups in total. The van der Waals surface area contributed by atoms with Gasteiger partial charge in [0.15, 0.2) is 0 Å². The standard InChI is InChI=1S/C26H18BrNO3/c27-15-9-11-16(12-10-15)28-24(30)22-21-17-5-1-3-7-19(17)26(13-14-29,23(22)25(28)31)20-8-4-2-6-18(20)21/h1-12,14,21-23H,13H2. The molecule has 4 nitrogen and oxygen atoms in total. The summed E-state index contributed by atoms with van der Waals surface area (Å²) in [5, 5.41) is 0. The van der Waals surface area contributed by atoms with E-state index in [4.69, 9.17) is 0 Å². The Kier molecular flexibility index (Phi) is 3.90. The van der Waals surface area contributed by atoms with E-state index in [0.717, 1.165) is 33.0 Å². The van der Waals surface area contributed by atoms with Gasteiger partial charge in [0, 0.05) is 22.2 Å². The average Bonchev–Trinajstić information content (AvgIpc) is 3.06. The van der Waals surface area contributed by atoms with E-state index in [1.165, 1.54) is 4.90 Å². The van der Waals surface area contributed by atoms with E-state index in [1.807, 2.05) is 60.7 Å². The van der Waals surface area contributed by atoms with Gasteiger partial charge in [-0.1, -0.05) is 64.5 Å². The number of benzene rings is 3. The molecule has 0 aromatic heterocycles. The largest absolute Gasteiger partial charge is 0.303 e. The van der Waals surface area contributed by atoms with Gasteiger partial charge in [0.05, 0.1) is 17.5 Å². The Bertz CT molecular complexity index is 1220. The number of rotatable bonds is 3. The van der Waals surface area contributed by atoms with Crippen LogP contribution in [-0.2, 0) is 19.8 Å². The fourth-order valence-corrected chi connectivity index (χ4v) is 6.52. The summed E-state index contributed by atoms with van der Waals surface area (Å²) in [5.41, 5.74) is 3.87. The van der Waals surface area contributed by atoms with Crippen molar-refractivity contribution in [3.05, 3.63) is 99.5 Å². The smallest absolute Gasteiger partial charge is 0.238 e. The number of halogens is 1. The van der Waals surface area contributed by atoms with Gasteiger partial charge in [0.2, 0.25) is 11.8 Å². The zero-order chi connectivity index (χ0) is 21.3. The summed E-state index contributed by atoms with van der Waals surface area (Å²) in [4.78, 5) is 41.1. The van der Waals surface area contributed by atoms with Gasteiger partial charge < -0.3 is 4.79 Å². The molecule has 1 aliphatic heterocycles. The number of carbonyl (C=O) groups excluding carboxylic acids is 3. The highest BCUT2D eigenvalue weighted by Gasteiger charge is 2.67. The molecule has 3 aliphatic carbocycles. The van der Waals surface area contributed by atoms with Gasteiger partial charge in [-0.3, -0.25) is 9.59 Å². The quantitative estimate of drug-likeness (QED) is 0.414. The number of aldehydes is 1. The minimum Gasteiger partial charge on any atom is -0.303 e. The summed E-state index contributed by atoms with van der Waals surface area (Å²) in [6.45, 7) is 0. The topological polar surface area (TPSA) is 54.5 Å². The van der Waals surface area contributed by atoms with Gasteiger partial charge in [-0.25, -0.2) is 4.90 Å². The Hall–Kier alpha value is -3.05. The van der Waals surface area contributed by atoms with Crippen LogP contribution in [0.3, 0.4) is 0 Å². The molecule has 1 fully saturated rings. The molecule has 3 aromatic rings. The van der Waals surface area contributed by atoms with E-state index >= 15 is 0 Å². The van der Waals surface area contributed by atoms with Crippen LogP contribution in [0.15, 0.2) is 77.3 Å². The second kappa shape index (κ2) is 6.47. The van der Waals surface area contributed by atoms with Gasteiger partial charge in [0.1, 0.15) is 6.29 Å². The lowest BCUT2D eigenvalue weighted by Crippen LogP contribution is -2.53. The highest BCUT2D eigenvalue weighted by atomic mass is 79.9. The summed E-state index contributed by atoms with van der Waals surface area (Å²) in [6, 6.07) is 23.2. The molecule has 2 amide bonds. The van der Waals surface area contributed by atoms with E-state index in [2.05, 4.69) is 15.9 Å². The zero-order valence-electron chi connectivity index (χ0n) is 16.5. The molecule has 31 heavy (non-hydrogen) atoms. The molecule has 1 heterocycles. The minimum absolute atomic E-state index is 0.169. The molecule has 5 heteroatoms. The third-order valence-electron chi connectivity index (χ3n) is 7.28. The fraction of sp³-hybridized carbons (Fsp3) is 0.192. The van der Waals surface area contributed by atoms with Crippen molar-refractivity contribution in [1.29, 1.82) is 0 Å². The maximum Gasteiger partial charge on any atom is 0.238 e. The number of amides is 2. The molecule has 4 aliphatic rings. The Morgan fingerprint density at radius 1 is 0.839 bits per heavy atom. The zero-order valence-corrected chi connectivity index (χ0v) is 18.1. The summed E-state index contributed by atoms with van der Waals surface area (Å²) in [7, 11) is 0. The van der Waals surface area contributed by atoms with Crippen LogP contribution < -0.4 is 4.90 Å². The SMILES string of the molecule is O=CCC12c3ccccc3C(c3ccccc31)C1C(=O)N(c3ccc(Br)cc3)C(=O)C12. The first-order valence-corrected chi connectivity index (χ1v) is 11.1. The van der Waals surface area contributed by atoms with Crippen molar-refractivity contribution in [1.82, 2.24) is 0 Å². The first-order chi connectivity index (χ1) is 15.1. The highest BCUT2D eigenvalue weighted by molar-refractivity contribution is 9.10. The van der Waals surface area contributed by atoms with Crippen LogP contribution in [-0.4, -0.2) is 18.1 Å². The van der Waals surface area contributed by atoms with Gasteiger partial charge >= 0.3 is 0 Å². The van der Waals surface area contributed by atoms with Crippen LogP contribution in [0, 0.1) is 11.8 Å². The summed E-state index contributed by atoms with van der Waals surface area (Å²) in [5.74, 6) is -1.69. The van der Waals surface area contributed by atoms with E-state index in [0.29, 0.717) is 5.69 Å². The lowest BCUT2D eigenvalue weighted by Gasteiger charge is -2.53. The van der Waals surface area contributed by atoms with Crippen LogP contribution in [0.4, 0.5) is 5.69 Å². The summed E-state index contributed by atoms with van der Waals surface area (Å²) in [6.07, 6.45) is 1.07. The summed E-state index contributed by atoms with van der Waals surface area (Å²) >= 11 is 3.42. The van der Waals surface area contributed by atoms with Gasteiger partial charge in [-0.2, -0.15) is 0 Å². The molecule has 0 radical (unpaired) electrons. The summed E-state index contributed by atoms with van der Waals surface area (Å²) < 4.78 is 0.880. The maximum absolute atomic E-state index is 13.9. The Morgan fingerprint density at radius 3 is 2.00 bits per heavy atom. The van der Waals surface area contributed by atoms with Crippen LogP contribution in [0.2, 0.25) is 0 Å². The lowest BCUT2D eigenvalue weighted by molar-refractivity contribution is -0.124. The second-order valence-corrected chi connectivity index (χ2v) is 9.40. The average molecular weight is 472 g/mol. The molecule has 2 atom stereocenters. The lowest BCUT2D eigenvalue weighted by atomic mass is 9.46. The Labute approximate surface area is 188 Å². The number of nitrogens with zero attached hydrogens (tertiary/aromatic N) is 1. The molecule has 2 bridgehead atoms. The predicted molar refractivity (Wildman–Crippen MR) is 120 cm³/mol. The Morgan fingerprint density at radius 2 is 1.42 bits per heavy atom. The van der Waals surface area contributed by atoms with Crippen molar-refractivity contribution in [2.75, 3.05) is 4.90 Å². The van der Waals surface area contributed by atoms with Gasteiger partial charge in [-0.05, 0) is 46.5 Å². The van der Waals surface area contributed by atoms with E-state index in [9.17, 15) is 14.4 Å². The molecule has 3 aromatic carbocycles. The molecule has 2 unspecified atom stereocenters. The number of carbonyl (C=O) groups is 3. The molecule has 152 valence electrons. The Balaban J connectivity index is 1.64. The first kappa shape index (κ1) is 18.7. The van der Waals surface area contributed by atoms with Crippen molar-refractivity contribution in [2.24, 2.45) is 11.8 Å². The number of hydrogen-bond acceptors (Lipinski definition) is 3. The van der Waals surface area contributed by atoms with Crippen LogP contribution in [0.1, 0.15) is 34.6 Å². The van der Waals surface area contributed by atoms with Crippen molar-refractivity contribution in [3.8, 4) is 0 Å². The van der Waals surface area contributed by atoms with Crippen molar-refractivity contribution >= 4 is 39.7 Å². The third-order valence-corrected chi connectivity index (χ3v) is 7.81. The monoisotopic (exact) mass is 471 g/mol.